The fraction of sp³-hybridized carbons (Fsp3) is 0.462. The summed E-state index contributed by atoms with van der Waals surface area (Å²) in [6.07, 6.45) is 1.58. The zero-order chi connectivity index (χ0) is 15.0. The number of nitrogen functional groups attached to an aromatic ring is 1. The van der Waals surface area contributed by atoms with E-state index in [0.717, 1.165) is 0 Å². The SMILES string of the molecule is COC(=O)N[C@@H]1C[C@@H]2COc3ncc(N)cc3C(=O)N2C1. The van der Waals surface area contributed by atoms with Gasteiger partial charge >= 0.3 is 6.09 Å². The standard InChI is InChI=1S/C13H16N4O4/c1-20-13(19)16-8-3-9-6-21-11-10(2-7(14)4-15-11)12(18)17(9)5-8/h2,4,8-9H,3,5-6,14H2,1H3,(H,16,19)/t8-,9-/m1/s1. The van der Waals surface area contributed by atoms with Crippen LogP contribution in [0, 0.1) is 0 Å². The number of hydrogen-bond donors (Lipinski definition) is 2. The second-order valence-electron chi connectivity index (χ2n) is 5.11. The van der Waals surface area contributed by atoms with Gasteiger partial charge in [-0.2, -0.15) is 0 Å². The normalized spacial score (nSPS) is 23.7. The van der Waals surface area contributed by atoms with Gasteiger partial charge in [-0.25, -0.2) is 9.78 Å². The summed E-state index contributed by atoms with van der Waals surface area (Å²) in [6, 6.07) is 1.31. The van der Waals surface area contributed by atoms with E-state index < -0.39 is 6.09 Å². The summed E-state index contributed by atoms with van der Waals surface area (Å²) in [5.41, 5.74) is 6.45. The maximum absolute atomic E-state index is 12.6. The van der Waals surface area contributed by atoms with Crippen molar-refractivity contribution in [2.45, 2.75) is 18.5 Å². The largest absolute Gasteiger partial charge is 0.475 e. The third-order valence-electron chi connectivity index (χ3n) is 3.70. The molecular weight excluding hydrogens is 276 g/mol. The Morgan fingerprint density at radius 2 is 2.43 bits per heavy atom. The van der Waals surface area contributed by atoms with Gasteiger partial charge in [-0.05, 0) is 12.5 Å². The summed E-state index contributed by atoms with van der Waals surface area (Å²) >= 11 is 0. The molecule has 3 rings (SSSR count). The van der Waals surface area contributed by atoms with E-state index in [9.17, 15) is 9.59 Å². The van der Waals surface area contributed by atoms with Gasteiger partial charge in [0, 0.05) is 6.54 Å². The van der Waals surface area contributed by atoms with Gasteiger partial charge in [0.05, 0.1) is 31.1 Å². The van der Waals surface area contributed by atoms with Crippen molar-refractivity contribution < 1.29 is 19.1 Å². The van der Waals surface area contributed by atoms with Crippen molar-refractivity contribution in [1.29, 1.82) is 0 Å². The average molecular weight is 292 g/mol. The molecule has 2 atom stereocenters. The number of fused-ring (bicyclic) bond motifs is 2. The molecule has 8 nitrogen and oxygen atoms in total. The Hall–Kier alpha value is -2.51. The van der Waals surface area contributed by atoms with Crippen LogP contribution < -0.4 is 15.8 Å². The molecular formula is C13H16N4O4. The zero-order valence-electron chi connectivity index (χ0n) is 11.5. The molecule has 1 saturated heterocycles. The minimum Gasteiger partial charge on any atom is -0.475 e. The molecule has 0 radical (unpaired) electrons. The number of methoxy groups -OCH3 is 1. The van der Waals surface area contributed by atoms with Crippen LogP contribution in [0.15, 0.2) is 12.3 Å². The highest BCUT2D eigenvalue weighted by molar-refractivity contribution is 5.98. The molecule has 3 N–H and O–H groups in total. The van der Waals surface area contributed by atoms with E-state index in [1.54, 1.807) is 11.0 Å². The number of pyridine rings is 1. The summed E-state index contributed by atoms with van der Waals surface area (Å²) in [5, 5.41) is 2.71. The second-order valence-corrected chi connectivity index (χ2v) is 5.11. The van der Waals surface area contributed by atoms with Crippen LogP contribution in [0.25, 0.3) is 0 Å². The Balaban J connectivity index is 1.81. The van der Waals surface area contributed by atoms with Crippen molar-refractivity contribution in [1.82, 2.24) is 15.2 Å². The molecule has 1 aromatic heterocycles. The van der Waals surface area contributed by atoms with Crippen LogP contribution in [-0.2, 0) is 4.74 Å². The van der Waals surface area contributed by atoms with Crippen LogP contribution in [0.2, 0.25) is 0 Å². The summed E-state index contributed by atoms with van der Waals surface area (Å²) in [4.78, 5) is 29.6. The minimum absolute atomic E-state index is 0.102. The molecule has 2 aliphatic rings. The minimum atomic E-state index is -0.502. The quantitative estimate of drug-likeness (QED) is 0.754. The van der Waals surface area contributed by atoms with Crippen LogP contribution in [-0.4, -0.2) is 54.2 Å². The molecule has 2 amide bonds. The number of nitrogens with one attached hydrogen (secondary N) is 1. The Labute approximate surface area is 121 Å². The lowest BCUT2D eigenvalue weighted by molar-refractivity contribution is 0.0723. The van der Waals surface area contributed by atoms with E-state index in [0.29, 0.717) is 36.7 Å². The number of carbonyl (C=O) groups excluding carboxylic acids is 2. The molecule has 0 aromatic carbocycles. The Morgan fingerprint density at radius 3 is 3.19 bits per heavy atom. The van der Waals surface area contributed by atoms with E-state index in [4.69, 9.17) is 10.5 Å². The molecule has 3 heterocycles. The maximum atomic E-state index is 12.6. The van der Waals surface area contributed by atoms with E-state index in [1.807, 2.05) is 0 Å². The number of anilines is 1. The smallest absolute Gasteiger partial charge is 0.407 e. The van der Waals surface area contributed by atoms with Crippen molar-refractivity contribution >= 4 is 17.7 Å². The summed E-state index contributed by atoms with van der Waals surface area (Å²) in [6.45, 7) is 0.755. The number of ether oxygens (including phenoxy) is 2. The van der Waals surface area contributed by atoms with Gasteiger partial charge < -0.3 is 25.4 Å². The van der Waals surface area contributed by atoms with Crippen LogP contribution >= 0.6 is 0 Å². The van der Waals surface area contributed by atoms with Gasteiger partial charge in [0.15, 0.2) is 0 Å². The molecule has 1 fully saturated rings. The highest BCUT2D eigenvalue weighted by Crippen LogP contribution is 2.29. The van der Waals surface area contributed by atoms with Crippen molar-refractivity contribution in [2.24, 2.45) is 0 Å². The van der Waals surface area contributed by atoms with Gasteiger partial charge in [-0.3, -0.25) is 4.79 Å². The Kier molecular flexibility index (Phi) is 3.28. The highest BCUT2D eigenvalue weighted by atomic mass is 16.5. The zero-order valence-corrected chi connectivity index (χ0v) is 11.5. The Morgan fingerprint density at radius 1 is 1.62 bits per heavy atom. The van der Waals surface area contributed by atoms with E-state index >= 15 is 0 Å². The molecule has 0 aliphatic carbocycles. The predicted octanol–water partition coefficient (Wildman–Crippen LogP) is -0.00470. The average Bonchev–Trinajstić information content (AvgIpc) is 2.82. The van der Waals surface area contributed by atoms with E-state index in [-0.39, 0.29) is 18.0 Å². The number of carbonyl (C=O) groups is 2. The summed E-state index contributed by atoms with van der Waals surface area (Å²) in [5.74, 6) is 0.127. The lowest BCUT2D eigenvalue weighted by Crippen LogP contribution is -2.39. The first-order chi connectivity index (χ1) is 10.1. The number of rotatable bonds is 1. The summed E-state index contributed by atoms with van der Waals surface area (Å²) in [7, 11) is 1.31. The Bertz CT molecular complexity index is 592. The monoisotopic (exact) mass is 292 g/mol. The van der Waals surface area contributed by atoms with Crippen molar-refractivity contribution in [3.63, 3.8) is 0 Å². The topological polar surface area (TPSA) is 107 Å². The number of nitrogens with zero attached hydrogens (tertiary/aromatic N) is 2. The molecule has 8 heteroatoms. The maximum Gasteiger partial charge on any atom is 0.407 e. The number of hydrogen-bond acceptors (Lipinski definition) is 6. The van der Waals surface area contributed by atoms with Gasteiger partial charge in [0.2, 0.25) is 5.88 Å². The van der Waals surface area contributed by atoms with E-state index in [2.05, 4.69) is 15.0 Å². The third kappa shape index (κ3) is 2.44. The lowest BCUT2D eigenvalue weighted by atomic mass is 10.2. The molecule has 0 bridgehead atoms. The molecule has 0 unspecified atom stereocenters. The second kappa shape index (κ2) is 5.12. The predicted molar refractivity (Wildman–Crippen MR) is 72.9 cm³/mol. The highest BCUT2D eigenvalue weighted by Gasteiger charge is 2.40. The van der Waals surface area contributed by atoms with Crippen molar-refractivity contribution in [3.8, 4) is 5.88 Å². The fourth-order valence-corrected chi connectivity index (χ4v) is 2.72. The molecule has 21 heavy (non-hydrogen) atoms. The van der Waals surface area contributed by atoms with Crippen LogP contribution in [0.4, 0.5) is 10.5 Å². The third-order valence-corrected chi connectivity index (χ3v) is 3.70. The number of nitrogens with two attached hydrogens (primary N) is 1. The molecule has 0 spiro atoms. The summed E-state index contributed by atoms with van der Waals surface area (Å²) < 4.78 is 10.2. The van der Waals surface area contributed by atoms with Crippen LogP contribution in [0.1, 0.15) is 16.8 Å². The van der Waals surface area contributed by atoms with Crippen LogP contribution in [0.3, 0.4) is 0 Å². The first-order valence-corrected chi connectivity index (χ1v) is 6.62. The first-order valence-electron chi connectivity index (χ1n) is 6.62. The first kappa shape index (κ1) is 13.5. The molecule has 2 aliphatic heterocycles. The molecule has 0 saturated carbocycles. The van der Waals surface area contributed by atoms with Crippen molar-refractivity contribution in [2.75, 3.05) is 26.0 Å². The lowest BCUT2D eigenvalue weighted by Gasteiger charge is -2.20. The molecule has 112 valence electrons. The molecule has 1 aromatic rings. The number of aromatic nitrogens is 1. The van der Waals surface area contributed by atoms with Crippen LogP contribution in [0.5, 0.6) is 5.88 Å². The van der Waals surface area contributed by atoms with E-state index in [1.165, 1.54) is 13.3 Å². The van der Waals surface area contributed by atoms with Crippen molar-refractivity contribution in [3.05, 3.63) is 17.8 Å². The van der Waals surface area contributed by atoms with Gasteiger partial charge in [-0.15, -0.1) is 0 Å². The number of alkyl carbamates (subject to hydrolysis) is 1. The number of amides is 2. The fourth-order valence-electron chi connectivity index (χ4n) is 2.72. The van der Waals surface area contributed by atoms with Gasteiger partial charge in [0.1, 0.15) is 12.2 Å². The van der Waals surface area contributed by atoms with Gasteiger partial charge in [-0.1, -0.05) is 0 Å². The van der Waals surface area contributed by atoms with Gasteiger partial charge in [0.25, 0.3) is 5.91 Å².